The van der Waals surface area contributed by atoms with E-state index < -0.39 is 27.9 Å². The van der Waals surface area contributed by atoms with Crippen LogP contribution in [0.4, 0.5) is 9.80 Å². The number of nitrogens with zero attached hydrogens (tertiary/aromatic N) is 2. The number of carbonyl (C=O) groups is 4. The van der Waals surface area contributed by atoms with Gasteiger partial charge < -0.3 is 16.0 Å². The van der Waals surface area contributed by atoms with Gasteiger partial charge in [-0.15, -0.1) is 11.3 Å². The van der Waals surface area contributed by atoms with E-state index in [1.165, 1.54) is 35.5 Å². The fourth-order valence-corrected chi connectivity index (χ4v) is 7.23. The molecule has 0 saturated carbocycles. The van der Waals surface area contributed by atoms with Gasteiger partial charge in [0.1, 0.15) is 5.00 Å². The van der Waals surface area contributed by atoms with Gasteiger partial charge in [0, 0.05) is 37.0 Å². The molecule has 1 aromatic heterocycles. The largest absolute Gasteiger partial charge is 0.351 e. The van der Waals surface area contributed by atoms with E-state index in [1.54, 1.807) is 4.90 Å². The van der Waals surface area contributed by atoms with Crippen molar-refractivity contribution in [3.8, 4) is 0 Å². The second kappa shape index (κ2) is 10.6. The van der Waals surface area contributed by atoms with E-state index in [1.807, 2.05) is 5.32 Å². The van der Waals surface area contributed by atoms with Crippen LogP contribution in [-0.2, 0) is 27.8 Å². The zero-order chi connectivity index (χ0) is 26.9. The number of thiophene rings is 1. The lowest BCUT2D eigenvalue weighted by atomic mass is 10.0. The number of hydrogen-bond donors (Lipinski definition) is 3. The summed E-state index contributed by atoms with van der Waals surface area (Å²) >= 11 is 1.15. The van der Waals surface area contributed by atoms with Crippen molar-refractivity contribution in [2.24, 2.45) is 11.7 Å². The second-order valence-electron chi connectivity index (χ2n) is 9.28. The molecule has 0 bridgehead atoms. The highest BCUT2D eigenvalue weighted by atomic mass is 32.2. The Morgan fingerprint density at radius 2 is 1.68 bits per heavy atom. The first-order chi connectivity index (χ1) is 17.5. The van der Waals surface area contributed by atoms with Crippen molar-refractivity contribution < 1.29 is 27.6 Å². The first kappa shape index (κ1) is 26.8. The summed E-state index contributed by atoms with van der Waals surface area (Å²) in [6.45, 7) is 5.17. The third-order valence-corrected chi connectivity index (χ3v) is 9.74. The normalized spacial score (nSPS) is 16.6. The quantitative estimate of drug-likeness (QED) is 0.520. The van der Waals surface area contributed by atoms with E-state index in [0.29, 0.717) is 37.5 Å². The highest BCUT2D eigenvalue weighted by Gasteiger charge is 2.31. The van der Waals surface area contributed by atoms with Crippen molar-refractivity contribution in [1.29, 1.82) is 0 Å². The highest BCUT2D eigenvalue weighted by molar-refractivity contribution is 7.89. The number of primary amides is 1. The number of nitrogens with one attached hydrogen (secondary N) is 2. The minimum Gasteiger partial charge on any atom is -0.351 e. The van der Waals surface area contributed by atoms with E-state index >= 15 is 0 Å². The Morgan fingerprint density at radius 3 is 2.27 bits per heavy atom. The molecule has 4 rings (SSSR count). The van der Waals surface area contributed by atoms with Gasteiger partial charge in [0.25, 0.3) is 11.8 Å². The summed E-state index contributed by atoms with van der Waals surface area (Å²) in [5.41, 5.74) is 6.11. The minimum atomic E-state index is -3.66. The molecule has 1 aromatic carbocycles. The summed E-state index contributed by atoms with van der Waals surface area (Å²) in [6.07, 6.45) is 1.99. The molecule has 1 fully saturated rings. The smallest absolute Gasteiger partial charge is 0.319 e. The van der Waals surface area contributed by atoms with Crippen LogP contribution < -0.4 is 16.4 Å². The molecule has 2 aliphatic heterocycles. The van der Waals surface area contributed by atoms with Crippen LogP contribution in [0.5, 0.6) is 0 Å². The van der Waals surface area contributed by atoms with Gasteiger partial charge in [0.05, 0.1) is 17.0 Å². The Bertz CT molecular complexity index is 1340. The standard InChI is InChI=1S/C24H29N5O6S2/c1-14-7-11-29(12-8-14)37(34,35)17-5-3-16(4-6-17)21(31)26-23-20(22(32)27-24(25)33)18-9-10-28(15(2)30)13-19(18)36-23/h3-6,14H,7-13H2,1-2H3,(H,26,31)(H3,25,27,32,33). The highest BCUT2D eigenvalue weighted by Crippen LogP contribution is 2.37. The van der Waals surface area contributed by atoms with Crippen molar-refractivity contribution in [2.75, 3.05) is 25.0 Å². The molecular weight excluding hydrogens is 518 g/mol. The van der Waals surface area contributed by atoms with Gasteiger partial charge in [-0.05, 0) is 55.0 Å². The maximum absolute atomic E-state index is 13.0. The number of piperidine rings is 1. The van der Waals surface area contributed by atoms with Crippen molar-refractivity contribution in [3.05, 3.63) is 45.8 Å². The van der Waals surface area contributed by atoms with E-state index in [2.05, 4.69) is 12.2 Å². The molecule has 0 spiro atoms. The summed E-state index contributed by atoms with van der Waals surface area (Å²) in [5.74, 6) is -0.914. The lowest BCUT2D eigenvalue weighted by Gasteiger charge is -2.29. The van der Waals surface area contributed by atoms with Crippen LogP contribution >= 0.6 is 11.3 Å². The molecule has 3 heterocycles. The van der Waals surface area contributed by atoms with Crippen LogP contribution in [0.15, 0.2) is 29.2 Å². The second-order valence-corrected chi connectivity index (χ2v) is 12.3. The SMILES string of the molecule is CC(=O)N1CCc2c(sc(NC(=O)c3ccc(S(=O)(=O)N4CCC(C)CC4)cc3)c2C(=O)NC(N)=O)C1. The van der Waals surface area contributed by atoms with Crippen LogP contribution in [0.2, 0.25) is 0 Å². The average Bonchev–Trinajstić information content (AvgIpc) is 3.21. The van der Waals surface area contributed by atoms with Crippen molar-refractivity contribution >= 4 is 50.1 Å². The number of amides is 5. The Labute approximate surface area is 219 Å². The third-order valence-electron chi connectivity index (χ3n) is 6.69. The first-order valence-electron chi connectivity index (χ1n) is 11.9. The molecule has 0 aliphatic carbocycles. The lowest BCUT2D eigenvalue weighted by molar-refractivity contribution is -0.129. The van der Waals surface area contributed by atoms with Gasteiger partial charge in [-0.25, -0.2) is 13.2 Å². The molecule has 198 valence electrons. The van der Waals surface area contributed by atoms with E-state index in [0.717, 1.165) is 29.1 Å². The Balaban J connectivity index is 1.56. The fourth-order valence-electron chi connectivity index (χ4n) is 4.50. The van der Waals surface area contributed by atoms with Crippen molar-refractivity contribution in [2.45, 2.75) is 44.6 Å². The van der Waals surface area contributed by atoms with Gasteiger partial charge in [-0.2, -0.15) is 4.31 Å². The Hall–Kier alpha value is -3.29. The number of imide groups is 1. The van der Waals surface area contributed by atoms with Crippen LogP contribution in [0.1, 0.15) is 57.8 Å². The van der Waals surface area contributed by atoms with Gasteiger partial charge in [-0.1, -0.05) is 6.92 Å². The number of rotatable bonds is 5. The number of carbonyl (C=O) groups excluding carboxylic acids is 4. The molecule has 5 amide bonds. The number of urea groups is 1. The molecule has 0 unspecified atom stereocenters. The van der Waals surface area contributed by atoms with Crippen LogP contribution in [0.3, 0.4) is 0 Å². The number of fused-ring (bicyclic) bond motifs is 1. The summed E-state index contributed by atoms with van der Waals surface area (Å²) in [7, 11) is -3.66. The summed E-state index contributed by atoms with van der Waals surface area (Å²) in [4.78, 5) is 51.4. The first-order valence-corrected chi connectivity index (χ1v) is 14.2. The fraction of sp³-hybridized carbons (Fsp3) is 0.417. The predicted octanol–water partition coefficient (Wildman–Crippen LogP) is 2.13. The van der Waals surface area contributed by atoms with Crippen LogP contribution in [0.25, 0.3) is 0 Å². The molecule has 11 nitrogen and oxygen atoms in total. The molecule has 2 aliphatic rings. The zero-order valence-electron chi connectivity index (χ0n) is 20.6. The molecule has 0 radical (unpaired) electrons. The number of sulfonamides is 1. The average molecular weight is 548 g/mol. The topological polar surface area (TPSA) is 159 Å². The van der Waals surface area contributed by atoms with E-state index in [4.69, 9.17) is 5.73 Å². The molecule has 1 saturated heterocycles. The number of nitrogens with two attached hydrogens (primary N) is 1. The molecule has 2 aromatic rings. The van der Waals surface area contributed by atoms with Crippen LogP contribution in [-0.4, -0.2) is 61.0 Å². The molecule has 13 heteroatoms. The summed E-state index contributed by atoms with van der Waals surface area (Å²) in [5, 5.41) is 4.98. The Morgan fingerprint density at radius 1 is 1.03 bits per heavy atom. The summed E-state index contributed by atoms with van der Waals surface area (Å²) < 4.78 is 27.4. The molecule has 0 atom stereocenters. The number of hydrogen-bond acceptors (Lipinski definition) is 7. The lowest BCUT2D eigenvalue weighted by Crippen LogP contribution is -2.37. The number of benzene rings is 1. The maximum atomic E-state index is 13.0. The zero-order valence-corrected chi connectivity index (χ0v) is 22.2. The third kappa shape index (κ3) is 5.68. The molecule has 37 heavy (non-hydrogen) atoms. The van der Waals surface area contributed by atoms with Gasteiger partial charge >= 0.3 is 6.03 Å². The van der Waals surface area contributed by atoms with Crippen molar-refractivity contribution in [1.82, 2.24) is 14.5 Å². The maximum Gasteiger partial charge on any atom is 0.319 e. The van der Waals surface area contributed by atoms with Gasteiger partial charge in [-0.3, -0.25) is 19.7 Å². The molecular formula is C24H29N5O6S2. The minimum absolute atomic E-state index is 0.107. The monoisotopic (exact) mass is 547 g/mol. The predicted molar refractivity (Wildman–Crippen MR) is 138 cm³/mol. The summed E-state index contributed by atoms with van der Waals surface area (Å²) in [6, 6.07) is 4.61. The van der Waals surface area contributed by atoms with E-state index in [-0.39, 0.29) is 33.5 Å². The number of anilines is 1. The van der Waals surface area contributed by atoms with Crippen LogP contribution in [0, 0.1) is 5.92 Å². The van der Waals surface area contributed by atoms with E-state index in [9.17, 15) is 27.6 Å². The Kier molecular flexibility index (Phi) is 7.67. The molecule has 4 N–H and O–H groups in total. The van der Waals surface area contributed by atoms with Crippen molar-refractivity contribution in [3.63, 3.8) is 0 Å². The van der Waals surface area contributed by atoms with Gasteiger partial charge in [0.2, 0.25) is 15.9 Å². The van der Waals surface area contributed by atoms with Gasteiger partial charge in [0.15, 0.2) is 0 Å².